The Balaban J connectivity index is 2.83. The fraction of sp³-hybridized carbons (Fsp3) is 0.222. The van der Waals surface area contributed by atoms with Gasteiger partial charge in [0.15, 0.2) is 5.82 Å². The molecule has 0 bridgehead atoms. The van der Waals surface area contributed by atoms with Crippen LogP contribution in [0.2, 0.25) is 0 Å². The number of nitrogens with zero attached hydrogens (tertiary/aromatic N) is 2. The highest BCUT2D eigenvalue weighted by molar-refractivity contribution is 5.82. The fourth-order valence-electron chi connectivity index (χ4n) is 1.38. The molecule has 1 heterocycles. The first-order valence-corrected chi connectivity index (χ1v) is 3.94. The van der Waals surface area contributed by atoms with Crippen molar-refractivity contribution in [1.29, 1.82) is 0 Å². The van der Waals surface area contributed by atoms with E-state index in [2.05, 4.69) is 5.10 Å². The van der Waals surface area contributed by atoms with E-state index in [4.69, 9.17) is 5.11 Å². The second kappa shape index (κ2) is 2.81. The monoisotopic (exact) mass is 180 g/mol. The van der Waals surface area contributed by atoms with E-state index in [1.165, 1.54) is 10.7 Å². The molecule has 0 unspecified atom stereocenters. The van der Waals surface area contributed by atoms with E-state index < -0.39 is 0 Å². The summed E-state index contributed by atoms with van der Waals surface area (Å²) in [6.07, 6.45) is 1.70. The lowest BCUT2D eigenvalue weighted by molar-refractivity contribution is 0.283. The number of aromatic nitrogens is 2. The van der Waals surface area contributed by atoms with Crippen molar-refractivity contribution in [2.45, 2.75) is 6.61 Å². The van der Waals surface area contributed by atoms with Crippen LogP contribution in [0.3, 0.4) is 0 Å². The summed E-state index contributed by atoms with van der Waals surface area (Å²) in [6.45, 7) is -0.0948. The standard InChI is InChI=1S/C9H9FN2O/c1-12-4-7-6(5-13)2-3-8(10)9(7)11-12/h2-4,13H,5H2,1H3. The molecule has 0 fully saturated rings. The maximum Gasteiger partial charge on any atom is 0.151 e. The van der Waals surface area contributed by atoms with Crippen molar-refractivity contribution in [3.05, 3.63) is 29.7 Å². The van der Waals surface area contributed by atoms with Crippen LogP contribution >= 0.6 is 0 Å². The minimum atomic E-state index is -0.354. The minimum absolute atomic E-state index is 0.0948. The van der Waals surface area contributed by atoms with Crippen molar-refractivity contribution < 1.29 is 9.50 Å². The smallest absolute Gasteiger partial charge is 0.151 e. The maximum absolute atomic E-state index is 13.2. The molecule has 1 aromatic carbocycles. The summed E-state index contributed by atoms with van der Waals surface area (Å²) in [7, 11) is 1.72. The molecule has 1 N–H and O–H groups in total. The second-order valence-corrected chi connectivity index (χ2v) is 2.93. The molecular weight excluding hydrogens is 171 g/mol. The van der Waals surface area contributed by atoms with Gasteiger partial charge >= 0.3 is 0 Å². The molecule has 0 saturated heterocycles. The van der Waals surface area contributed by atoms with Crippen LogP contribution in [0.25, 0.3) is 10.9 Å². The van der Waals surface area contributed by atoms with Gasteiger partial charge in [-0.3, -0.25) is 4.68 Å². The summed E-state index contributed by atoms with van der Waals surface area (Å²) in [6, 6.07) is 2.89. The Morgan fingerprint density at radius 3 is 3.00 bits per heavy atom. The average molecular weight is 180 g/mol. The van der Waals surface area contributed by atoms with E-state index >= 15 is 0 Å². The topological polar surface area (TPSA) is 38.0 Å². The highest BCUT2D eigenvalue weighted by Crippen LogP contribution is 2.20. The summed E-state index contributed by atoms with van der Waals surface area (Å²) in [5.41, 5.74) is 1.01. The highest BCUT2D eigenvalue weighted by Gasteiger charge is 2.08. The van der Waals surface area contributed by atoms with Crippen LogP contribution < -0.4 is 0 Å². The van der Waals surface area contributed by atoms with Crippen LogP contribution in [0.4, 0.5) is 4.39 Å². The van der Waals surface area contributed by atoms with E-state index in [0.717, 1.165) is 0 Å². The van der Waals surface area contributed by atoms with E-state index in [-0.39, 0.29) is 12.4 Å². The van der Waals surface area contributed by atoms with Gasteiger partial charge in [0.25, 0.3) is 0 Å². The van der Waals surface area contributed by atoms with Crippen molar-refractivity contribution in [1.82, 2.24) is 9.78 Å². The molecule has 68 valence electrons. The van der Waals surface area contributed by atoms with Crippen molar-refractivity contribution in [2.75, 3.05) is 0 Å². The fourth-order valence-corrected chi connectivity index (χ4v) is 1.38. The lowest BCUT2D eigenvalue weighted by Crippen LogP contribution is -1.87. The van der Waals surface area contributed by atoms with E-state index in [1.54, 1.807) is 19.3 Å². The van der Waals surface area contributed by atoms with Gasteiger partial charge in [0.05, 0.1) is 6.61 Å². The third-order valence-corrected chi connectivity index (χ3v) is 2.00. The van der Waals surface area contributed by atoms with Crippen molar-refractivity contribution in [3.8, 4) is 0 Å². The van der Waals surface area contributed by atoms with Gasteiger partial charge in [-0.15, -0.1) is 0 Å². The lowest BCUT2D eigenvalue weighted by Gasteiger charge is -1.96. The molecule has 0 aliphatic heterocycles. The Labute approximate surface area is 74.4 Å². The molecule has 0 atom stereocenters. The van der Waals surface area contributed by atoms with E-state index in [0.29, 0.717) is 16.5 Å². The number of aryl methyl sites for hydroxylation is 1. The Morgan fingerprint density at radius 1 is 1.54 bits per heavy atom. The zero-order valence-corrected chi connectivity index (χ0v) is 7.16. The highest BCUT2D eigenvalue weighted by atomic mass is 19.1. The Morgan fingerprint density at radius 2 is 2.31 bits per heavy atom. The van der Waals surface area contributed by atoms with Crippen LogP contribution in [0.15, 0.2) is 18.3 Å². The first kappa shape index (κ1) is 8.19. The van der Waals surface area contributed by atoms with Gasteiger partial charge in [0, 0.05) is 18.6 Å². The van der Waals surface area contributed by atoms with E-state index in [9.17, 15) is 4.39 Å². The second-order valence-electron chi connectivity index (χ2n) is 2.93. The number of aliphatic hydroxyl groups is 1. The molecule has 13 heavy (non-hydrogen) atoms. The molecular formula is C9H9FN2O. The molecule has 2 aromatic rings. The quantitative estimate of drug-likeness (QED) is 0.716. The summed E-state index contributed by atoms with van der Waals surface area (Å²) in [4.78, 5) is 0. The average Bonchev–Trinajstić information content (AvgIpc) is 2.48. The molecule has 0 aliphatic carbocycles. The summed E-state index contributed by atoms with van der Waals surface area (Å²) in [5, 5.41) is 13.6. The summed E-state index contributed by atoms with van der Waals surface area (Å²) >= 11 is 0. The van der Waals surface area contributed by atoms with Crippen molar-refractivity contribution in [2.24, 2.45) is 7.05 Å². The number of rotatable bonds is 1. The molecule has 0 spiro atoms. The largest absolute Gasteiger partial charge is 0.392 e. The number of hydrogen-bond acceptors (Lipinski definition) is 2. The van der Waals surface area contributed by atoms with Crippen LogP contribution in [0, 0.1) is 5.82 Å². The summed E-state index contributed by atoms with van der Waals surface area (Å²) in [5.74, 6) is -0.354. The third-order valence-electron chi connectivity index (χ3n) is 2.00. The predicted molar refractivity (Wildman–Crippen MR) is 46.6 cm³/mol. The lowest BCUT2D eigenvalue weighted by atomic mass is 10.1. The van der Waals surface area contributed by atoms with Crippen molar-refractivity contribution in [3.63, 3.8) is 0 Å². The van der Waals surface area contributed by atoms with Crippen LogP contribution in [-0.4, -0.2) is 14.9 Å². The van der Waals surface area contributed by atoms with Crippen LogP contribution in [0.5, 0.6) is 0 Å². The van der Waals surface area contributed by atoms with Gasteiger partial charge in [-0.05, 0) is 11.6 Å². The normalized spacial score (nSPS) is 11.0. The first-order valence-electron chi connectivity index (χ1n) is 3.94. The zero-order chi connectivity index (χ0) is 9.42. The van der Waals surface area contributed by atoms with Gasteiger partial charge in [0.1, 0.15) is 5.52 Å². The van der Waals surface area contributed by atoms with Gasteiger partial charge < -0.3 is 5.11 Å². The van der Waals surface area contributed by atoms with Crippen LogP contribution in [0.1, 0.15) is 5.56 Å². The number of fused-ring (bicyclic) bond motifs is 1. The zero-order valence-electron chi connectivity index (χ0n) is 7.16. The van der Waals surface area contributed by atoms with E-state index in [1.807, 2.05) is 0 Å². The van der Waals surface area contributed by atoms with Crippen molar-refractivity contribution >= 4 is 10.9 Å². The molecule has 0 aliphatic rings. The van der Waals surface area contributed by atoms with Gasteiger partial charge in [-0.1, -0.05) is 6.07 Å². The minimum Gasteiger partial charge on any atom is -0.392 e. The predicted octanol–water partition coefficient (Wildman–Crippen LogP) is 1.20. The molecule has 1 aromatic heterocycles. The molecule has 0 amide bonds. The van der Waals surface area contributed by atoms with Gasteiger partial charge in [0.2, 0.25) is 0 Å². The maximum atomic E-state index is 13.2. The Hall–Kier alpha value is -1.42. The van der Waals surface area contributed by atoms with Gasteiger partial charge in [-0.25, -0.2) is 4.39 Å². The third kappa shape index (κ3) is 1.19. The molecule has 0 saturated carbocycles. The Kier molecular flexibility index (Phi) is 1.77. The number of hydrogen-bond donors (Lipinski definition) is 1. The molecule has 3 nitrogen and oxygen atoms in total. The van der Waals surface area contributed by atoms with Crippen LogP contribution in [-0.2, 0) is 13.7 Å². The molecule has 2 rings (SSSR count). The van der Waals surface area contributed by atoms with Gasteiger partial charge in [-0.2, -0.15) is 5.10 Å². The number of halogens is 1. The Bertz CT molecular complexity index is 450. The number of benzene rings is 1. The molecule has 0 radical (unpaired) electrons. The number of aliphatic hydroxyl groups excluding tert-OH is 1. The summed E-state index contributed by atoms with van der Waals surface area (Å²) < 4.78 is 14.7. The molecule has 4 heteroatoms. The first-order chi connectivity index (χ1) is 6.22. The SMILES string of the molecule is Cn1cc2c(CO)ccc(F)c2n1.